The summed E-state index contributed by atoms with van der Waals surface area (Å²) < 4.78 is 0. The van der Waals surface area contributed by atoms with Crippen LogP contribution in [0.5, 0.6) is 0 Å². The third-order valence-corrected chi connectivity index (χ3v) is 3.00. The summed E-state index contributed by atoms with van der Waals surface area (Å²) in [5, 5.41) is 3.58. The molecule has 0 aliphatic carbocycles. The molecule has 0 saturated heterocycles. The second-order valence-electron chi connectivity index (χ2n) is 4.81. The predicted octanol–water partition coefficient (Wildman–Crippen LogP) is 3.73. The van der Waals surface area contributed by atoms with Crippen LogP contribution in [0.3, 0.4) is 0 Å². The van der Waals surface area contributed by atoms with Gasteiger partial charge in [0.1, 0.15) is 0 Å². The molecule has 0 radical (unpaired) electrons. The Kier molecular flexibility index (Phi) is 4.87. The van der Waals surface area contributed by atoms with E-state index >= 15 is 0 Å². The number of nitrogens with zero attached hydrogens (tertiary/aromatic N) is 1. The lowest BCUT2D eigenvalue weighted by Crippen LogP contribution is -2.22. The molecule has 0 fully saturated rings. The second kappa shape index (κ2) is 6.86. The summed E-state index contributed by atoms with van der Waals surface area (Å²) in [7, 11) is 0. The molecular weight excluding hydrogens is 232 g/mol. The van der Waals surface area contributed by atoms with E-state index in [-0.39, 0.29) is 6.04 Å². The largest absolute Gasteiger partial charge is 0.303 e. The third-order valence-electron chi connectivity index (χ3n) is 3.00. The second-order valence-corrected chi connectivity index (χ2v) is 4.81. The van der Waals surface area contributed by atoms with Crippen molar-refractivity contribution < 1.29 is 0 Å². The fraction of sp³-hybridized carbons (Fsp3) is 0.235. The fourth-order valence-electron chi connectivity index (χ4n) is 2.01. The van der Waals surface area contributed by atoms with Gasteiger partial charge in [0.25, 0.3) is 0 Å². The third kappa shape index (κ3) is 4.04. The SMILES string of the molecule is CC(C)=CCNC(c1ccccc1)c1ccncc1. The van der Waals surface area contributed by atoms with E-state index in [1.165, 1.54) is 16.7 Å². The topological polar surface area (TPSA) is 24.9 Å². The van der Waals surface area contributed by atoms with Gasteiger partial charge < -0.3 is 5.32 Å². The Hall–Kier alpha value is -1.93. The standard InChI is InChI=1S/C17H20N2/c1-14(2)8-13-19-17(15-6-4-3-5-7-15)16-9-11-18-12-10-16/h3-12,17,19H,13H2,1-2H3. The van der Waals surface area contributed by atoms with Gasteiger partial charge in [-0.05, 0) is 37.1 Å². The Balaban J connectivity index is 2.21. The minimum atomic E-state index is 0.208. The number of benzene rings is 1. The van der Waals surface area contributed by atoms with Crippen molar-refractivity contribution in [3.8, 4) is 0 Å². The molecule has 1 aromatic heterocycles. The number of hydrogen-bond acceptors (Lipinski definition) is 2. The van der Waals surface area contributed by atoms with Crippen LogP contribution in [-0.2, 0) is 0 Å². The molecule has 2 nitrogen and oxygen atoms in total. The average molecular weight is 252 g/mol. The molecule has 1 unspecified atom stereocenters. The highest BCUT2D eigenvalue weighted by Gasteiger charge is 2.11. The zero-order valence-electron chi connectivity index (χ0n) is 11.5. The van der Waals surface area contributed by atoms with Crippen molar-refractivity contribution in [2.75, 3.05) is 6.54 Å². The molecule has 0 saturated carbocycles. The van der Waals surface area contributed by atoms with Gasteiger partial charge in [-0.25, -0.2) is 0 Å². The zero-order valence-corrected chi connectivity index (χ0v) is 11.5. The molecule has 1 heterocycles. The predicted molar refractivity (Wildman–Crippen MR) is 80.0 cm³/mol. The summed E-state index contributed by atoms with van der Waals surface area (Å²) in [5.74, 6) is 0. The number of hydrogen-bond donors (Lipinski definition) is 1. The Labute approximate surface area is 115 Å². The van der Waals surface area contributed by atoms with Crippen molar-refractivity contribution >= 4 is 0 Å². The van der Waals surface area contributed by atoms with Crippen molar-refractivity contribution in [3.63, 3.8) is 0 Å². The Morgan fingerprint density at radius 1 is 1.05 bits per heavy atom. The average Bonchev–Trinajstić information content (AvgIpc) is 2.45. The van der Waals surface area contributed by atoms with E-state index in [1.807, 2.05) is 18.5 Å². The van der Waals surface area contributed by atoms with Gasteiger partial charge >= 0.3 is 0 Å². The van der Waals surface area contributed by atoms with Crippen LogP contribution in [0.1, 0.15) is 31.0 Å². The first-order valence-electron chi connectivity index (χ1n) is 6.59. The lowest BCUT2D eigenvalue weighted by atomic mass is 10.00. The van der Waals surface area contributed by atoms with Crippen molar-refractivity contribution in [1.82, 2.24) is 10.3 Å². The summed E-state index contributed by atoms with van der Waals surface area (Å²) in [4.78, 5) is 4.09. The number of rotatable bonds is 5. The number of nitrogens with one attached hydrogen (secondary N) is 1. The van der Waals surface area contributed by atoms with Gasteiger partial charge in [0.2, 0.25) is 0 Å². The summed E-state index contributed by atoms with van der Waals surface area (Å²) in [6.07, 6.45) is 5.89. The van der Waals surface area contributed by atoms with E-state index in [9.17, 15) is 0 Å². The van der Waals surface area contributed by atoms with Crippen LogP contribution in [0.25, 0.3) is 0 Å². The smallest absolute Gasteiger partial charge is 0.0580 e. The molecule has 1 N–H and O–H groups in total. The molecule has 1 aromatic carbocycles. The van der Waals surface area contributed by atoms with Crippen molar-refractivity contribution in [1.29, 1.82) is 0 Å². The highest BCUT2D eigenvalue weighted by atomic mass is 14.9. The number of aromatic nitrogens is 1. The minimum absolute atomic E-state index is 0.208. The molecule has 0 aliphatic rings. The van der Waals surface area contributed by atoms with E-state index in [4.69, 9.17) is 0 Å². The van der Waals surface area contributed by atoms with Gasteiger partial charge in [0.05, 0.1) is 6.04 Å². The van der Waals surface area contributed by atoms with Crippen LogP contribution in [0.2, 0.25) is 0 Å². The lowest BCUT2D eigenvalue weighted by molar-refractivity contribution is 0.650. The molecule has 0 spiro atoms. The van der Waals surface area contributed by atoms with Gasteiger partial charge in [-0.3, -0.25) is 4.98 Å². The molecule has 1 atom stereocenters. The Bertz CT molecular complexity index is 474. The van der Waals surface area contributed by atoms with Crippen molar-refractivity contribution in [2.24, 2.45) is 0 Å². The van der Waals surface area contributed by atoms with E-state index in [0.29, 0.717) is 0 Å². The summed E-state index contributed by atoms with van der Waals surface area (Å²) in [6, 6.07) is 14.8. The molecular formula is C17H20N2. The van der Waals surface area contributed by atoms with Crippen LogP contribution in [0, 0.1) is 0 Å². The van der Waals surface area contributed by atoms with Crippen LogP contribution in [-0.4, -0.2) is 11.5 Å². The van der Waals surface area contributed by atoms with Gasteiger partial charge in [0.15, 0.2) is 0 Å². The highest BCUT2D eigenvalue weighted by Crippen LogP contribution is 2.20. The molecule has 19 heavy (non-hydrogen) atoms. The summed E-state index contributed by atoms with van der Waals surface area (Å²) >= 11 is 0. The number of allylic oxidation sites excluding steroid dienone is 1. The highest BCUT2D eigenvalue weighted by molar-refractivity contribution is 5.30. The summed E-state index contributed by atoms with van der Waals surface area (Å²) in [6.45, 7) is 5.10. The van der Waals surface area contributed by atoms with Gasteiger partial charge in [-0.2, -0.15) is 0 Å². The van der Waals surface area contributed by atoms with Crippen LogP contribution in [0.15, 0.2) is 66.5 Å². The van der Waals surface area contributed by atoms with E-state index < -0.39 is 0 Å². The minimum Gasteiger partial charge on any atom is -0.303 e. The van der Waals surface area contributed by atoms with E-state index in [1.54, 1.807) is 0 Å². The maximum absolute atomic E-state index is 4.09. The molecule has 98 valence electrons. The summed E-state index contributed by atoms with van der Waals surface area (Å²) in [5.41, 5.74) is 3.84. The van der Waals surface area contributed by atoms with Gasteiger partial charge in [-0.1, -0.05) is 42.0 Å². The first kappa shape index (κ1) is 13.5. The molecule has 2 heteroatoms. The van der Waals surface area contributed by atoms with E-state index in [2.05, 4.69) is 66.6 Å². The van der Waals surface area contributed by atoms with Gasteiger partial charge in [0, 0.05) is 18.9 Å². The Morgan fingerprint density at radius 2 is 1.68 bits per heavy atom. The van der Waals surface area contributed by atoms with Crippen molar-refractivity contribution in [3.05, 3.63) is 77.6 Å². The van der Waals surface area contributed by atoms with Crippen LogP contribution in [0.4, 0.5) is 0 Å². The monoisotopic (exact) mass is 252 g/mol. The molecule has 2 rings (SSSR count). The quantitative estimate of drug-likeness (QED) is 0.820. The Morgan fingerprint density at radius 3 is 2.32 bits per heavy atom. The zero-order chi connectivity index (χ0) is 13.5. The fourth-order valence-corrected chi connectivity index (χ4v) is 2.01. The van der Waals surface area contributed by atoms with E-state index in [0.717, 1.165) is 6.54 Å². The molecule has 0 bridgehead atoms. The molecule has 2 aromatic rings. The lowest BCUT2D eigenvalue weighted by Gasteiger charge is -2.19. The van der Waals surface area contributed by atoms with Crippen molar-refractivity contribution in [2.45, 2.75) is 19.9 Å². The maximum Gasteiger partial charge on any atom is 0.0580 e. The van der Waals surface area contributed by atoms with Gasteiger partial charge in [-0.15, -0.1) is 0 Å². The first-order valence-corrected chi connectivity index (χ1v) is 6.59. The molecule has 0 aliphatic heterocycles. The first-order chi connectivity index (χ1) is 9.27. The van der Waals surface area contributed by atoms with Crippen LogP contribution < -0.4 is 5.32 Å². The normalized spacial score (nSPS) is 11.9. The number of pyridine rings is 1. The maximum atomic E-state index is 4.09. The van der Waals surface area contributed by atoms with Crippen LogP contribution >= 0.6 is 0 Å². The molecule has 0 amide bonds.